The molecule has 3 atom stereocenters. The van der Waals surface area contributed by atoms with Gasteiger partial charge in [0, 0.05) is 18.3 Å². The van der Waals surface area contributed by atoms with Crippen molar-refractivity contribution >= 4 is 5.69 Å². The van der Waals surface area contributed by atoms with Gasteiger partial charge in [-0.1, -0.05) is 26.0 Å². The van der Waals surface area contributed by atoms with E-state index in [0.717, 1.165) is 26.1 Å². The number of hydrogen-bond acceptors (Lipinski definition) is 3. The minimum atomic E-state index is 0.462. The third kappa shape index (κ3) is 3.09. The minimum absolute atomic E-state index is 0.462. The van der Waals surface area contributed by atoms with Gasteiger partial charge in [0.1, 0.15) is 0 Å². The van der Waals surface area contributed by atoms with Crippen molar-refractivity contribution in [2.75, 3.05) is 24.6 Å². The Morgan fingerprint density at radius 3 is 2.76 bits per heavy atom. The maximum atomic E-state index is 5.91. The standard InChI is InChI=1S/C18H28N2O/c1-3-16(19-4-2)14-8-10-15(11-9-14)20-12-13-21-18-7-5-6-17(18)20/h8-11,16-19H,3-7,12-13H2,1-2H3. The van der Waals surface area contributed by atoms with E-state index in [1.807, 2.05) is 0 Å². The Morgan fingerprint density at radius 2 is 2.05 bits per heavy atom. The molecule has 21 heavy (non-hydrogen) atoms. The van der Waals surface area contributed by atoms with Crippen LogP contribution in [0.1, 0.15) is 51.1 Å². The second-order valence-electron chi connectivity index (χ2n) is 6.21. The van der Waals surface area contributed by atoms with Crippen LogP contribution in [0.4, 0.5) is 5.69 Å². The molecular formula is C18H28N2O. The summed E-state index contributed by atoms with van der Waals surface area (Å²) in [5.41, 5.74) is 2.77. The summed E-state index contributed by atoms with van der Waals surface area (Å²) in [4.78, 5) is 2.57. The van der Waals surface area contributed by atoms with E-state index in [0.29, 0.717) is 18.2 Å². The van der Waals surface area contributed by atoms with Crippen molar-refractivity contribution in [2.45, 2.75) is 57.7 Å². The van der Waals surface area contributed by atoms with E-state index in [4.69, 9.17) is 4.74 Å². The van der Waals surface area contributed by atoms with E-state index in [2.05, 4.69) is 48.3 Å². The molecule has 1 aromatic rings. The molecule has 1 saturated heterocycles. The highest BCUT2D eigenvalue weighted by Crippen LogP contribution is 2.33. The highest BCUT2D eigenvalue weighted by Gasteiger charge is 2.36. The maximum Gasteiger partial charge on any atom is 0.0779 e. The molecule has 2 fully saturated rings. The molecule has 0 radical (unpaired) electrons. The summed E-state index contributed by atoms with van der Waals surface area (Å²) in [6, 6.07) is 10.3. The number of benzene rings is 1. The molecule has 2 aliphatic rings. The first-order valence-corrected chi connectivity index (χ1v) is 8.55. The van der Waals surface area contributed by atoms with Crippen molar-refractivity contribution in [1.82, 2.24) is 5.32 Å². The normalized spacial score (nSPS) is 26.7. The number of anilines is 1. The fraction of sp³-hybridized carbons (Fsp3) is 0.667. The fourth-order valence-electron chi connectivity index (χ4n) is 3.89. The van der Waals surface area contributed by atoms with Gasteiger partial charge >= 0.3 is 0 Å². The van der Waals surface area contributed by atoms with Crippen molar-refractivity contribution in [3.63, 3.8) is 0 Å². The lowest BCUT2D eigenvalue weighted by Gasteiger charge is -2.39. The molecule has 1 aliphatic carbocycles. The Bertz CT molecular complexity index is 445. The van der Waals surface area contributed by atoms with Crippen LogP contribution < -0.4 is 10.2 Å². The van der Waals surface area contributed by atoms with E-state index in [1.54, 1.807) is 0 Å². The average Bonchev–Trinajstić information content (AvgIpc) is 3.01. The lowest BCUT2D eigenvalue weighted by molar-refractivity contribution is 0.0256. The number of hydrogen-bond donors (Lipinski definition) is 1. The number of morpholine rings is 1. The molecule has 3 unspecified atom stereocenters. The molecule has 0 spiro atoms. The fourth-order valence-corrected chi connectivity index (χ4v) is 3.89. The predicted octanol–water partition coefficient (Wildman–Crippen LogP) is 3.50. The van der Waals surface area contributed by atoms with E-state index < -0.39 is 0 Å². The topological polar surface area (TPSA) is 24.5 Å². The Labute approximate surface area is 128 Å². The van der Waals surface area contributed by atoms with Crippen LogP contribution in [-0.2, 0) is 4.74 Å². The lowest BCUT2D eigenvalue weighted by atomic mass is 10.0. The molecular weight excluding hydrogens is 260 g/mol. The molecule has 3 rings (SSSR count). The number of fused-ring (bicyclic) bond motifs is 1. The van der Waals surface area contributed by atoms with E-state index in [-0.39, 0.29) is 0 Å². The SMILES string of the molecule is CCNC(CC)c1ccc(N2CCOC3CCCC32)cc1. The van der Waals surface area contributed by atoms with Gasteiger partial charge in [0.15, 0.2) is 0 Å². The highest BCUT2D eigenvalue weighted by atomic mass is 16.5. The van der Waals surface area contributed by atoms with Gasteiger partial charge in [-0.15, -0.1) is 0 Å². The second kappa shape index (κ2) is 6.80. The largest absolute Gasteiger partial charge is 0.374 e. The molecule has 3 heteroatoms. The van der Waals surface area contributed by atoms with Gasteiger partial charge in [0.25, 0.3) is 0 Å². The van der Waals surface area contributed by atoms with Crippen LogP contribution in [0.2, 0.25) is 0 Å². The van der Waals surface area contributed by atoms with Gasteiger partial charge in [0.2, 0.25) is 0 Å². The van der Waals surface area contributed by atoms with Gasteiger partial charge < -0.3 is 15.0 Å². The average molecular weight is 288 g/mol. The van der Waals surface area contributed by atoms with Crippen LogP contribution in [-0.4, -0.2) is 31.8 Å². The first kappa shape index (κ1) is 14.9. The number of nitrogens with one attached hydrogen (secondary N) is 1. The summed E-state index contributed by atoms with van der Waals surface area (Å²) in [7, 11) is 0. The van der Waals surface area contributed by atoms with Crippen LogP contribution in [0.25, 0.3) is 0 Å². The Kier molecular flexibility index (Phi) is 4.81. The van der Waals surface area contributed by atoms with Crippen LogP contribution >= 0.6 is 0 Å². The molecule has 1 aliphatic heterocycles. The smallest absolute Gasteiger partial charge is 0.0779 e. The summed E-state index contributed by atoms with van der Waals surface area (Å²) in [6.45, 7) is 7.34. The molecule has 0 aromatic heterocycles. The molecule has 0 bridgehead atoms. The van der Waals surface area contributed by atoms with Gasteiger partial charge in [-0.3, -0.25) is 0 Å². The zero-order chi connectivity index (χ0) is 14.7. The summed E-state index contributed by atoms with van der Waals surface area (Å²) in [6.07, 6.45) is 5.42. The van der Waals surface area contributed by atoms with Gasteiger partial charge in [-0.05, 0) is 49.9 Å². The number of ether oxygens (including phenoxy) is 1. The lowest BCUT2D eigenvalue weighted by Crippen LogP contribution is -2.48. The van der Waals surface area contributed by atoms with Crippen molar-refractivity contribution in [3.8, 4) is 0 Å². The Balaban J connectivity index is 1.74. The molecule has 0 amide bonds. The van der Waals surface area contributed by atoms with Crippen molar-refractivity contribution in [2.24, 2.45) is 0 Å². The van der Waals surface area contributed by atoms with Crippen molar-refractivity contribution < 1.29 is 4.74 Å². The highest BCUT2D eigenvalue weighted by molar-refractivity contribution is 5.50. The van der Waals surface area contributed by atoms with E-state index in [9.17, 15) is 0 Å². The zero-order valence-electron chi connectivity index (χ0n) is 13.3. The van der Waals surface area contributed by atoms with Crippen LogP contribution in [0.3, 0.4) is 0 Å². The summed E-state index contributed by atoms with van der Waals surface area (Å²) in [5.74, 6) is 0. The number of nitrogens with zero attached hydrogens (tertiary/aromatic N) is 1. The summed E-state index contributed by atoms with van der Waals surface area (Å²) < 4.78 is 5.91. The monoisotopic (exact) mass is 288 g/mol. The first-order chi connectivity index (χ1) is 10.3. The predicted molar refractivity (Wildman–Crippen MR) is 87.9 cm³/mol. The third-order valence-corrected chi connectivity index (χ3v) is 4.97. The molecule has 1 aromatic carbocycles. The Hall–Kier alpha value is -1.06. The van der Waals surface area contributed by atoms with Crippen molar-refractivity contribution in [3.05, 3.63) is 29.8 Å². The van der Waals surface area contributed by atoms with Gasteiger partial charge in [0.05, 0.1) is 18.8 Å². The maximum absolute atomic E-state index is 5.91. The second-order valence-corrected chi connectivity index (χ2v) is 6.21. The quantitative estimate of drug-likeness (QED) is 0.897. The van der Waals surface area contributed by atoms with Crippen molar-refractivity contribution in [1.29, 1.82) is 0 Å². The summed E-state index contributed by atoms with van der Waals surface area (Å²) >= 11 is 0. The molecule has 116 valence electrons. The van der Waals surface area contributed by atoms with Gasteiger partial charge in [-0.2, -0.15) is 0 Å². The van der Waals surface area contributed by atoms with Crippen LogP contribution in [0.15, 0.2) is 24.3 Å². The van der Waals surface area contributed by atoms with Crippen LogP contribution in [0, 0.1) is 0 Å². The first-order valence-electron chi connectivity index (χ1n) is 8.55. The Morgan fingerprint density at radius 1 is 1.24 bits per heavy atom. The van der Waals surface area contributed by atoms with Gasteiger partial charge in [-0.25, -0.2) is 0 Å². The third-order valence-electron chi connectivity index (χ3n) is 4.97. The van der Waals surface area contributed by atoms with E-state index >= 15 is 0 Å². The number of rotatable bonds is 5. The van der Waals surface area contributed by atoms with Crippen LogP contribution in [0.5, 0.6) is 0 Å². The van der Waals surface area contributed by atoms with E-state index in [1.165, 1.54) is 30.5 Å². The molecule has 1 heterocycles. The molecule has 1 saturated carbocycles. The molecule has 1 N–H and O–H groups in total. The summed E-state index contributed by atoms with van der Waals surface area (Å²) in [5, 5.41) is 3.55. The minimum Gasteiger partial charge on any atom is -0.374 e. The zero-order valence-corrected chi connectivity index (χ0v) is 13.3. The molecule has 3 nitrogen and oxygen atoms in total.